The van der Waals surface area contributed by atoms with Crippen molar-refractivity contribution in [3.8, 4) is 0 Å². The van der Waals surface area contributed by atoms with E-state index >= 15 is 0 Å². The van der Waals surface area contributed by atoms with E-state index in [1.807, 2.05) is 13.8 Å². The average Bonchev–Trinajstić information content (AvgIpc) is 2.64. The number of hydrogen-bond acceptors (Lipinski definition) is 1. The van der Waals surface area contributed by atoms with Gasteiger partial charge < -0.3 is 4.74 Å². The fourth-order valence-corrected chi connectivity index (χ4v) is 4.85. The van der Waals surface area contributed by atoms with Crippen molar-refractivity contribution < 1.29 is 13.5 Å². The van der Waals surface area contributed by atoms with E-state index in [4.69, 9.17) is 4.74 Å². The Morgan fingerprint density at radius 3 is 2.04 bits per heavy atom. The minimum absolute atomic E-state index is 0.0162. The normalized spacial score (nSPS) is 29.9. The summed E-state index contributed by atoms with van der Waals surface area (Å²) in [7, 11) is 0. The van der Waals surface area contributed by atoms with E-state index in [0.717, 1.165) is 30.6 Å². The highest BCUT2D eigenvalue weighted by Crippen LogP contribution is 2.40. The second-order valence-electron chi connectivity index (χ2n) is 8.96. The molecule has 0 spiro atoms. The van der Waals surface area contributed by atoms with Crippen molar-refractivity contribution in [2.45, 2.75) is 90.8 Å². The van der Waals surface area contributed by atoms with Gasteiger partial charge in [-0.05, 0) is 67.8 Å². The zero-order valence-electron chi connectivity index (χ0n) is 16.6. The minimum Gasteiger partial charge on any atom is -0.373 e. The van der Waals surface area contributed by atoms with E-state index < -0.39 is 11.6 Å². The highest BCUT2D eigenvalue weighted by atomic mass is 19.2. The van der Waals surface area contributed by atoms with E-state index in [-0.39, 0.29) is 18.6 Å². The van der Waals surface area contributed by atoms with Gasteiger partial charge in [0.05, 0.1) is 12.7 Å². The molecule has 0 heterocycles. The third-order valence-electron chi connectivity index (χ3n) is 6.73. The van der Waals surface area contributed by atoms with Crippen LogP contribution in [0.5, 0.6) is 0 Å². The molecule has 2 saturated carbocycles. The fourth-order valence-electron chi connectivity index (χ4n) is 4.85. The average molecular weight is 365 g/mol. The first-order chi connectivity index (χ1) is 12.5. The first-order valence-electron chi connectivity index (χ1n) is 10.5. The summed E-state index contributed by atoms with van der Waals surface area (Å²) in [6.45, 7) is 6.30. The molecule has 0 unspecified atom stereocenters. The van der Waals surface area contributed by atoms with Crippen molar-refractivity contribution >= 4 is 0 Å². The molecule has 1 aromatic carbocycles. The Balaban J connectivity index is 1.47. The van der Waals surface area contributed by atoms with Crippen LogP contribution >= 0.6 is 0 Å². The van der Waals surface area contributed by atoms with Crippen LogP contribution in [0.1, 0.15) is 89.2 Å². The summed E-state index contributed by atoms with van der Waals surface area (Å²) in [4.78, 5) is 0. The largest absolute Gasteiger partial charge is 0.373 e. The second-order valence-corrected chi connectivity index (χ2v) is 8.96. The van der Waals surface area contributed by atoms with Crippen molar-refractivity contribution in [3.63, 3.8) is 0 Å². The smallest absolute Gasteiger partial charge is 0.164 e. The van der Waals surface area contributed by atoms with Crippen LogP contribution in [0.3, 0.4) is 0 Å². The molecule has 0 aromatic heterocycles. The molecule has 0 aliphatic heterocycles. The molecule has 2 aliphatic carbocycles. The van der Waals surface area contributed by atoms with Crippen LogP contribution in [0, 0.1) is 29.4 Å². The summed E-state index contributed by atoms with van der Waals surface area (Å²) in [5, 5.41) is 0. The SMILES string of the molecule is CC1CCC(C2CCC(OCc3ccc(C(C)C)c(F)c3F)CC2)CC1. The first-order valence-corrected chi connectivity index (χ1v) is 10.5. The standard InChI is InChI=1S/C23H34F2O/c1-15(2)21-13-10-19(22(24)23(21)25)14-26-20-11-8-18(9-12-20)17-6-4-16(3)5-7-17/h10,13,15-18,20H,4-9,11-12,14H2,1-3H3. The van der Waals surface area contributed by atoms with Crippen LogP contribution in [-0.4, -0.2) is 6.10 Å². The molecule has 146 valence electrons. The van der Waals surface area contributed by atoms with Crippen molar-refractivity contribution in [2.75, 3.05) is 0 Å². The predicted octanol–water partition coefficient (Wildman–Crippen LogP) is 6.99. The molecule has 3 heteroatoms. The predicted molar refractivity (Wildman–Crippen MR) is 102 cm³/mol. The van der Waals surface area contributed by atoms with Crippen LogP contribution < -0.4 is 0 Å². The first kappa shape index (κ1) is 19.8. The maximum Gasteiger partial charge on any atom is 0.164 e. The topological polar surface area (TPSA) is 9.23 Å². The minimum atomic E-state index is -0.735. The molecule has 0 atom stereocenters. The summed E-state index contributed by atoms with van der Waals surface area (Å²) in [6, 6.07) is 3.38. The molecule has 2 aliphatic rings. The lowest BCUT2D eigenvalue weighted by Gasteiger charge is -2.37. The van der Waals surface area contributed by atoms with Crippen LogP contribution in [0.15, 0.2) is 12.1 Å². The van der Waals surface area contributed by atoms with Crippen molar-refractivity contribution in [1.82, 2.24) is 0 Å². The van der Waals surface area contributed by atoms with Gasteiger partial charge in [0.1, 0.15) is 0 Å². The molecule has 3 rings (SSSR count). The summed E-state index contributed by atoms with van der Waals surface area (Å²) in [5.74, 6) is 1.20. The number of ether oxygens (including phenoxy) is 1. The van der Waals surface area contributed by atoms with Gasteiger partial charge in [0.15, 0.2) is 11.6 Å². The Kier molecular flexibility index (Phi) is 6.71. The Bertz CT molecular complexity index is 582. The molecule has 0 radical (unpaired) electrons. The Labute approximate surface area is 157 Å². The van der Waals surface area contributed by atoms with Crippen molar-refractivity contribution in [3.05, 3.63) is 34.9 Å². The van der Waals surface area contributed by atoms with Crippen molar-refractivity contribution in [2.24, 2.45) is 17.8 Å². The quantitative estimate of drug-likeness (QED) is 0.547. The van der Waals surface area contributed by atoms with Crippen LogP contribution in [0.4, 0.5) is 8.78 Å². The molecule has 0 amide bonds. The lowest BCUT2D eigenvalue weighted by atomic mass is 9.71. The molecular formula is C23H34F2O. The Morgan fingerprint density at radius 1 is 0.885 bits per heavy atom. The van der Waals surface area contributed by atoms with E-state index in [1.165, 1.54) is 38.5 Å². The van der Waals surface area contributed by atoms with Crippen molar-refractivity contribution in [1.29, 1.82) is 0 Å². The highest BCUT2D eigenvalue weighted by molar-refractivity contribution is 5.28. The van der Waals surface area contributed by atoms with E-state index in [9.17, 15) is 8.78 Å². The number of rotatable bonds is 5. The molecule has 0 saturated heterocycles. The molecule has 0 N–H and O–H groups in total. The van der Waals surface area contributed by atoms with Crippen LogP contribution in [-0.2, 0) is 11.3 Å². The van der Waals surface area contributed by atoms with E-state index in [0.29, 0.717) is 11.1 Å². The fraction of sp³-hybridized carbons (Fsp3) is 0.739. The molecule has 1 aromatic rings. The van der Waals surface area contributed by atoms with Gasteiger partial charge >= 0.3 is 0 Å². The van der Waals surface area contributed by atoms with E-state index in [1.54, 1.807) is 12.1 Å². The number of benzene rings is 1. The molecule has 0 bridgehead atoms. The van der Waals surface area contributed by atoms with Gasteiger partial charge in [-0.3, -0.25) is 0 Å². The second kappa shape index (κ2) is 8.82. The van der Waals surface area contributed by atoms with E-state index in [2.05, 4.69) is 6.92 Å². The summed E-state index contributed by atoms with van der Waals surface area (Å²) in [5.41, 5.74) is 0.781. The third kappa shape index (κ3) is 4.65. The lowest BCUT2D eigenvalue weighted by molar-refractivity contribution is -0.00374. The van der Waals surface area contributed by atoms with Gasteiger partial charge in [0, 0.05) is 5.56 Å². The monoisotopic (exact) mass is 364 g/mol. The number of hydrogen-bond donors (Lipinski definition) is 0. The Morgan fingerprint density at radius 2 is 1.46 bits per heavy atom. The summed E-state index contributed by atoms with van der Waals surface area (Å²) < 4.78 is 34.3. The highest BCUT2D eigenvalue weighted by Gasteiger charge is 2.30. The van der Waals surface area contributed by atoms with Gasteiger partial charge in [-0.25, -0.2) is 8.78 Å². The van der Waals surface area contributed by atoms with Gasteiger partial charge in [0.25, 0.3) is 0 Å². The van der Waals surface area contributed by atoms with Gasteiger partial charge in [-0.1, -0.05) is 45.7 Å². The summed E-state index contributed by atoms with van der Waals surface area (Å²) in [6.07, 6.45) is 10.3. The number of halogens is 2. The van der Waals surface area contributed by atoms with Crippen LogP contribution in [0.25, 0.3) is 0 Å². The maximum absolute atomic E-state index is 14.3. The molecule has 26 heavy (non-hydrogen) atoms. The van der Waals surface area contributed by atoms with Crippen LogP contribution in [0.2, 0.25) is 0 Å². The zero-order chi connectivity index (χ0) is 18.7. The lowest BCUT2D eigenvalue weighted by Crippen LogP contribution is -2.28. The molecule has 2 fully saturated rings. The Hall–Kier alpha value is -0.960. The zero-order valence-corrected chi connectivity index (χ0v) is 16.6. The summed E-state index contributed by atoms with van der Waals surface area (Å²) >= 11 is 0. The molecule has 1 nitrogen and oxygen atoms in total. The molecular weight excluding hydrogens is 330 g/mol. The van der Waals surface area contributed by atoms with Gasteiger partial charge in [0.2, 0.25) is 0 Å². The van der Waals surface area contributed by atoms with Gasteiger partial charge in [-0.2, -0.15) is 0 Å². The third-order valence-corrected chi connectivity index (χ3v) is 6.73. The van der Waals surface area contributed by atoms with Gasteiger partial charge in [-0.15, -0.1) is 0 Å². The maximum atomic E-state index is 14.3.